The summed E-state index contributed by atoms with van der Waals surface area (Å²) in [6, 6.07) is 10.3. The van der Waals surface area contributed by atoms with E-state index in [1.807, 2.05) is 13.0 Å². The highest BCUT2D eigenvalue weighted by Crippen LogP contribution is 2.37. The number of nitrogens with zero attached hydrogens (tertiary/aromatic N) is 1. The van der Waals surface area contributed by atoms with Gasteiger partial charge in [0.15, 0.2) is 0 Å². The fourth-order valence-corrected chi connectivity index (χ4v) is 4.10. The molecule has 1 heterocycles. The van der Waals surface area contributed by atoms with Crippen molar-refractivity contribution in [2.24, 2.45) is 11.1 Å². The normalized spacial score (nSPS) is 15.7. The first kappa shape index (κ1) is 22.7. The van der Waals surface area contributed by atoms with Crippen molar-refractivity contribution in [3.63, 3.8) is 0 Å². The van der Waals surface area contributed by atoms with E-state index in [1.54, 1.807) is 35.2 Å². The van der Waals surface area contributed by atoms with Crippen molar-refractivity contribution in [3.8, 4) is 5.75 Å². The van der Waals surface area contributed by atoms with Crippen LogP contribution in [-0.2, 0) is 4.79 Å². The molecule has 2 aromatic carbocycles. The number of primary amides is 1. The Hall–Kier alpha value is -1.95. The van der Waals surface area contributed by atoms with Crippen LogP contribution in [0, 0.1) is 12.3 Å². The number of ether oxygens (including phenoxy) is 1. The van der Waals surface area contributed by atoms with Gasteiger partial charge in [-0.25, -0.2) is 0 Å². The van der Waals surface area contributed by atoms with E-state index in [0.717, 1.165) is 5.56 Å². The molecule has 2 aromatic rings. The smallest absolute Gasteiger partial charge is 0.253 e. The molecule has 0 radical (unpaired) electrons. The molecule has 1 saturated heterocycles. The van der Waals surface area contributed by atoms with Gasteiger partial charge in [-0.2, -0.15) is 0 Å². The van der Waals surface area contributed by atoms with Gasteiger partial charge in [-0.05, 0) is 61.7 Å². The minimum Gasteiger partial charge on any atom is -0.493 e. The number of benzene rings is 2. The summed E-state index contributed by atoms with van der Waals surface area (Å²) in [5.74, 6) is 0.195. The van der Waals surface area contributed by atoms with Gasteiger partial charge in [-0.3, -0.25) is 9.59 Å². The quantitative estimate of drug-likeness (QED) is 0.637. The first-order valence-corrected chi connectivity index (χ1v) is 10.7. The van der Waals surface area contributed by atoms with Crippen LogP contribution < -0.4 is 10.5 Å². The van der Waals surface area contributed by atoms with E-state index in [4.69, 9.17) is 45.3 Å². The van der Waals surface area contributed by atoms with Crippen LogP contribution in [-0.4, -0.2) is 36.4 Å². The number of carbonyl (C=O) groups is 2. The largest absolute Gasteiger partial charge is 0.493 e. The lowest BCUT2D eigenvalue weighted by atomic mass is 9.76. The van der Waals surface area contributed by atoms with Crippen molar-refractivity contribution in [2.75, 3.05) is 19.7 Å². The van der Waals surface area contributed by atoms with Crippen LogP contribution in [0.1, 0.15) is 35.2 Å². The van der Waals surface area contributed by atoms with Gasteiger partial charge in [0.2, 0.25) is 5.91 Å². The van der Waals surface area contributed by atoms with E-state index in [1.165, 1.54) is 0 Å². The van der Waals surface area contributed by atoms with E-state index in [2.05, 4.69) is 0 Å². The Balaban J connectivity index is 1.68. The number of piperidine rings is 1. The van der Waals surface area contributed by atoms with Crippen molar-refractivity contribution in [2.45, 2.75) is 26.2 Å². The van der Waals surface area contributed by atoms with Crippen LogP contribution in [0.2, 0.25) is 15.1 Å². The van der Waals surface area contributed by atoms with Gasteiger partial charge in [-0.1, -0.05) is 34.8 Å². The van der Waals surface area contributed by atoms with Crippen LogP contribution in [0.5, 0.6) is 5.75 Å². The minimum atomic E-state index is -0.423. The summed E-state index contributed by atoms with van der Waals surface area (Å²) < 4.78 is 5.99. The molecule has 8 heteroatoms. The third-order valence-corrected chi connectivity index (χ3v) is 6.66. The second kappa shape index (κ2) is 9.46. The molecule has 1 fully saturated rings. The van der Waals surface area contributed by atoms with Gasteiger partial charge in [0.05, 0.1) is 16.7 Å². The van der Waals surface area contributed by atoms with E-state index >= 15 is 0 Å². The Morgan fingerprint density at radius 2 is 1.70 bits per heavy atom. The molecule has 3 rings (SSSR count). The number of carbonyl (C=O) groups excluding carboxylic acids is 2. The van der Waals surface area contributed by atoms with Crippen molar-refractivity contribution >= 4 is 46.6 Å². The third-order valence-electron chi connectivity index (χ3n) is 5.50. The first-order valence-electron chi connectivity index (χ1n) is 9.61. The third kappa shape index (κ3) is 5.39. The van der Waals surface area contributed by atoms with Crippen molar-refractivity contribution < 1.29 is 14.3 Å². The molecule has 0 bridgehead atoms. The number of halogens is 3. The maximum atomic E-state index is 12.8. The number of hydrogen-bond donors (Lipinski definition) is 1. The summed E-state index contributed by atoms with van der Waals surface area (Å²) in [5, 5.41) is 1.42. The van der Waals surface area contributed by atoms with Gasteiger partial charge in [0, 0.05) is 35.5 Å². The number of nitrogens with two attached hydrogens (primary N) is 1. The Bertz CT molecular complexity index is 957. The lowest BCUT2D eigenvalue weighted by Crippen LogP contribution is -2.47. The topological polar surface area (TPSA) is 72.6 Å². The van der Waals surface area contributed by atoms with Crippen LogP contribution in [0.15, 0.2) is 36.4 Å². The second-order valence-corrected chi connectivity index (χ2v) is 8.99. The molecular formula is C22H23Cl3N2O3. The lowest BCUT2D eigenvalue weighted by Gasteiger charge is -2.41. The van der Waals surface area contributed by atoms with Crippen LogP contribution in [0.4, 0.5) is 0 Å². The van der Waals surface area contributed by atoms with Crippen molar-refractivity contribution in [1.82, 2.24) is 4.90 Å². The lowest BCUT2D eigenvalue weighted by molar-refractivity contribution is -0.121. The van der Waals surface area contributed by atoms with Gasteiger partial charge < -0.3 is 15.4 Å². The monoisotopic (exact) mass is 468 g/mol. The van der Waals surface area contributed by atoms with Crippen LogP contribution in [0.3, 0.4) is 0 Å². The van der Waals surface area contributed by atoms with E-state index < -0.39 is 5.41 Å². The number of likely N-dealkylation sites (tertiary alicyclic amines) is 1. The molecule has 1 aliphatic rings. The fourth-order valence-electron chi connectivity index (χ4n) is 3.68. The molecule has 0 aliphatic carbocycles. The molecular weight excluding hydrogens is 447 g/mol. The summed E-state index contributed by atoms with van der Waals surface area (Å²) in [6.07, 6.45) is 1.42. The Labute approximate surface area is 191 Å². The zero-order valence-electron chi connectivity index (χ0n) is 16.6. The van der Waals surface area contributed by atoms with Gasteiger partial charge in [-0.15, -0.1) is 0 Å². The molecule has 0 atom stereocenters. The molecule has 1 aliphatic heterocycles. The molecule has 0 aromatic heterocycles. The molecule has 0 unspecified atom stereocenters. The molecule has 0 saturated carbocycles. The predicted molar refractivity (Wildman–Crippen MR) is 120 cm³/mol. The molecule has 0 spiro atoms. The number of aryl methyl sites for hydroxylation is 1. The highest BCUT2D eigenvalue weighted by molar-refractivity contribution is 6.42. The van der Waals surface area contributed by atoms with E-state index in [9.17, 15) is 9.59 Å². The molecule has 2 N–H and O–H groups in total. The first-order chi connectivity index (χ1) is 14.2. The minimum absolute atomic E-state index is 0.115. The van der Waals surface area contributed by atoms with Crippen LogP contribution in [0.25, 0.3) is 0 Å². The zero-order valence-corrected chi connectivity index (χ0v) is 18.9. The van der Waals surface area contributed by atoms with Gasteiger partial charge in [0.1, 0.15) is 5.75 Å². The standard InChI is InChI=1S/C22H23Cl3N2O3/c1-14-10-16(3-5-17(14)23)30-13-22(12-20(26)28)6-8-27(9-7-22)21(29)15-2-4-18(24)19(25)11-15/h2-5,10-11H,6-9,12-13H2,1H3,(H2,26,28). The fraction of sp³-hybridized carbons (Fsp3) is 0.364. The van der Waals surface area contributed by atoms with E-state index in [-0.39, 0.29) is 18.2 Å². The molecule has 5 nitrogen and oxygen atoms in total. The number of amides is 2. The van der Waals surface area contributed by atoms with E-state index in [0.29, 0.717) is 58.9 Å². The second-order valence-electron chi connectivity index (χ2n) is 7.76. The summed E-state index contributed by atoms with van der Waals surface area (Å²) >= 11 is 18.1. The average Bonchev–Trinajstić information content (AvgIpc) is 2.70. The highest BCUT2D eigenvalue weighted by atomic mass is 35.5. The Kier molecular flexibility index (Phi) is 7.17. The summed E-state index contributed by atoms with van der Waals surface area (Å²) in [5.41, 5.74) is 6.50. The maximum Gasteiger partial charge on any atom is 0.253 e. The molecule has 30 heavy (non-hydrogen) atoms. The molecule has 2 amide bonds. The maximum absolute atomic E-state index is 12.8. The van der Waals surface area contributed by atoms with Crippen molar-refractivity contribution in [1.29, 1.82) is 0 Å². The average molecular weight is 470 g/mol. The van der Waals surface area contributed by atoms with Crippen molar-refractivity contribution in [3.05, 3.63) is 62.6 Å². The molecule has 160 valence electrons. The predicted octanol–water partition coefficient (Wildman–Crippen LogP) is 5.13. The zero-order chi connectivity index (χ0) is 21.9. The van der Waals surface area contributed by atoms with Gasteiger partial charge >= 0.3 is 0 Å². The highest BCUT2D eigenvalue weighted by Gasteiger charge is 2.38. The Morgan fingerprint density at radius 1 is 1.03 bits per heavy atom. The van der Waals surface area contributed by atoms with Gasteiger partial charge in [0.25, 0.3) is 5.91 Å². The number of rotatable bonds is 6. The summed E-state index contributed by atoms with van der Waals surface area (Å²) in [6.45, 7) is 3.23. The van der Waals surface area contributed by atoms with Crippen LogP contribution >= 0.6 is 34.8 Å². The number of hydrogen-bond acceptors (Lipinski definition) is 3. The summed E-state index contributed by atoms with van der Waals surface area (Å²) in [4.78, 5) is 26.3. The Morgan fingerprint density at radius 3 is 2.30 bits per heavy atom. The summed E-state index contributed by atoms with van der Waals surface area (Å²) in [7, 11) is 0. The SMILES string of the molecule is Cc1cc(OCC2(CC(N)=O)CCN(C(=O)c3ccc(Cl)c(Cl)c3)CC2)ccc1Cl.